The van der Waals surface area contributed by atoms with E-state index in [1.807, 2.05) is 0 Å². The lowest BCUT2D eigenvalue weighted by molar-refractivity contribution is -0.134. The highest BCUT2D eigenvalue weighted by molar-refractivity contribution is 14.1. The van der Waals surface area contributed by atoms with Gasteiger partial charge in [0.25, 0.3) is 5.91 Å². The number of nitrogens with one attached hydrogen (secondary N) is 2. The number of rotatable bonds is 10. The van der Waals surface area contributed by atoms with E-state index in [1.54, 1.807) is 91.2 Å². The molecule has 1 aliphatic heterocycles. The number of hydrogen-bond donors (Lipinski definition) is 2. The fourth-order valence-corrected chi connectivity index (χ4v) is 4.89. The Balaban J connectivity index is 1.64. The third-order valence-corrected chi connectivity index (χ3v) is 6.96. The maximum absolute atomic E-state index is 14.6. The molecule has 0 saturated carbocycles. The summed E-state index contributed by atoms with van der Waals surface area (Å²) in [5.41, 5.74) is 0.484. The molecule has 4 amide bonds. The maximum atomic E-state index is 14.6. The second-order valence-corrected chi connectivity index (χ2v) is 10.1. The molecule has 4 rings (SSSR count). The molecule has 0 aliphatic carbocycles. The lowest BCUT2D eigenvalue weighted by Gasteiger charge is -2.30. The van der Waals surface area contributed by atoms with E-state index in [-0.39, 0.29) is 0 Å². The van der Waals surface area contributed by atoms with Gasteiger partial charge in [0.2, 0.25) is 5.91 Å². The molecule has 2 N–H and O–H groups in total. The molecule has 1 heterocycles. The SMILES string of the molecule is COCCOc1ccc(C2NC(=O)N([C@H](C(=O)Nc3c(F)cc(I)cc3F)[C@@H](C)c3ccccc3)C2=O)cc1. The van der Waals surface area contributed by atoms with E-state index in [2.05, 4.69) is 10.6 Å². The molecular weight excluding hydrogens is 623 g/mol. The van der Waals surface area contributed by atoms with Crippen molar-refractivity contribution in [3.63, 3.8) is 0 Å². The Morgan fingerprint density at radius 3 is 2.31 bits per heavy atom. The van der Waals surface area contributed by atoms with Gasteiger partial charge in [-0.3, -0.25) is 9.59 Å². The van der Waals surface area contributed by atoms with Gasteiger partial charge in [-0.05, 0) is 58.0 Å². The van der Waals surface area contributed by atoms with Crippen LogP contribution in [0.5, 0.6) is 5.75 Å². The Morgan fingerprint density at radius 1 is 1.05 bits per heavy atom. The fraction of sp³-hybridized carbons (Fsp3) is 0.250. The van der Waals surface area contributed by atoms with Crippen LogP contribution in [0.15, 0.2) is 66.7 Å². The van der Waals surface area contributed by atoms with Crippen LogP contribution >= 0.6 is 22.6 Å². The molecule has 11 heteroatoms. The molecule has 1 unspecified atom stereocenters. The summed E-state index contributed by atoms with van der Waals surface area (Å²) in [6.45, 7) is 2.42. The van der Waals surface area contributed by atoms with Gasteiger partial charge in [-0.25, -0.2) is 18.5 Å². The Labute approximate surface area is 237 Å². The molecule has 3 aromatic carbocycles. The zero-order valence-corrected chi connectivity index (χ0v) is 23.3. The number of nitrogens with zero attached hydrogens (tertiary/aromatic N) is 1. The Kier molecular flexibility index (Phi) is 9.12. The predicted molar refractivity (Wildman–Crippen MR) is 148 cm³/mol. The lowest BCUT2D eigenvalue weighted by atomic mass is 9.91. The largest absolute Gasteiger partial charge is 0.491 e. The molecule has 0 spiro atoms. The van der Waals surface area contributed by atoms with Crippen molar-refractivity contribution in [3.05, 3.63) is 93.1 Å². The number of imide groups is 1. The molecule has 0 aromatic heterocycles. The number of carbonyl (C=O) groups is 3. The summed E-state index contributed by atoms with van der Waals surface area (Å²) in [5, 5.41) is 4.89. The summed E-state index contributed by atoms with van der Waals surface area (Å²) < 4.78 is 39.9. The average Bonchev–Trinajstić information content (AvgIpc) is 3.21. The van der Waals surface area contributed by atoms with Gasteiger partial charge in [0.1, 0.15) is 30.1 Å². The first-order valence-electron chi connectivity index (χ1n) is 12.1. The van der Waals surface area contributed by atoms with E-state index < -0.39 is 53.2 Å². The van der Waals surface area contributed by atoms with E-state index in [0.29, 0.717) is 33.7 Å². The number of amides is 4. The van der Waals surface area contributed by atoms with E-state index >= 15 is 0 Å². The first kappa shape index (κ1) is 28.4. The lowest BCUT2D eigenvalue weighted by Crippen LogP contribution is -2.50. The van der Waals surface area contributed by atoms with Crippen molar-refractivity contribution in [2.75, 3.05) is 25.6 Å². The third kappa shape index (κ3) is 6.36. The van der Waals surface area contributed by atoms with Crippen molar-refractivity contribution in [1.82, 2.24) is 10.2 Å². The van der Waals surface area contributed by atoms with E-state index in [4.69, 9.17) is 9.47 Å². The quantitative estimate of drug-likeness (QED) is 0.183. The van der Waals surface area contributed by atoms with Crippen molar-refractivity contribution in [3.8, 4) is 5.75 Å². The average molecular weight is 649 g/mol. The van der Waals surface area contributed by atoms with Gasteiger partial charge in [0.15, 0.2) is 11.6 Å². The number of ether oxygens (including phenoxy) is 2. The predicted octanol–water partition coefficient (Wildman–Crippen LogP) is 5.00. The van der Waals surface area contributed by atoms with Crippen LogP contribution in [-0.2, 0) is 14.3 Å². The van der Waals surface area contributed by atoms with Crippen LogP contribution in [-0.4, -0.2) is 49.1 Å². The number of halogens is 3. The first-order chi connectivity index (χ1) is 18.7. The minimum Gasteiger partial charge on any atom is -0.491 e. The minimum absolute atomic E-state index is 0.307. The van der Waals surface area contributed by atoms with Gasteiger partial charge < -0.3 is 20.1 Å². The number of benzene rings is 3. The highest BCUT2D eigenvalue weighted by Gasteiger charge is 2.47. The van der Waals surface area contributed by atoms with Crippen LogP contribution in [0.2, 0.25) is 0 Å². The minimum atomic E-state index is -1.40. The second kappa shape index (κ2) is 12.5. The summed E-state index contributed by atoms with van der Waals surface area (Å²) in [6, 6.07) is 14.3. The Morgan fingerprint density at radius 2 is 1.69 bits per heavy atom. The van der Waals surface area contributed by atoms with Crippen molar-refractivity contribution in [2.24, 2.45) is 0 Å². The summed E-state index contributed by atoms with van der Waals surface area (Å²) in [4.78, 5) is 41.1. The van der Waals surface area contributed by atoms with Gasteiger partial charge in [-0.15, -0.1) is 0 Å². The zero-order chi connectivity index (χ0) is 28.1. The van der Waals surface area contributed by atoms with E-state index in [9.17, 15) is 23.2 Å². The number of hydrogen-bond acceptors (Lipinski definition) is 5. The van der Waals surface area contributed by atoms with Crippen molar-refractivity contribution in [2.45, 2.75) is 24.9 Å². The highest BCUT2D eigenvalue weighted by Crippen LogP contribution is 2.32. The molecule has 1 fully saturated rings. The summed E-state index contributed by atoms with van der Waals surface area (Å²) in [6.07, 6.45) is 0. The molecule has 1 aliphatic rings. The van der Waals surface area contributed by atoms with Crippen LogP contribution in [0.4, 0.5) is 19.3 Å². The van der Waals surface area contributed by atoms with Crippen LogP contribution in [0.1, 0.15) is 30.0 Å². The van der Waals surface area contributed by atoms with E-state index in [1.165, 1.54) is 0 Å². The van der Waals surface area contributed by atoms with Crippen LogP contribution in [0, 0.1) is 15.2 Å². The summed E-state index contributed by atoms with van der Waals surface area (Å²) in [5.74, 6) is -3.66. The number of anilines is 1. The van der Waals surface area contributed by atoms with Gasteiger partial charge >= 0.3 is 6.03 Å². The Bertz CT molecular complexity index is 1330. The van der Waals surface area contributed by atoms with Crippen molar-refractivity contribution >= 4 is 46.1 Å². The van der Waals surface area contributed by atoms with Crippen LogP contribution < -0.4 is 15.4 Å². The van der Waals surface area contributed by atoms with Crippen LogP contribution in [0.25, 0.3) is 0 Å². The van der Waals surface area contributed by atoms with Gasteiger partial charge in [-0.1, -0.05) is 49.4 Å². The summed E-state index contributed by atoms with van der Waals surface area (Å²) in [7, 11) is 1.56. The fourth-order valence-electron chi connectivity index (χ4n) is 4.35. The van der Waals surface area contributed by atoms with Gasteiger partial charge in [0, 0.05) is 16.6 Å². The first-order valence-corrected chi connectivity index (χ1v) is 13.1. The molecule has 39 heavy (non-hydrogen) atoms. The van der Waals surface area contributed by atoms with Crippen molar-refractivity contribution < 1.29 is 32.6 Å². The normalized spacial score (nSPS) is 16.5. The van der Waals surface area contributed by atoms with Gasteiger partial charge in [0.05, 0.1) is 6.61 Å². The monoisotopic (exact) mass is 649 g/mol. The molecule has 0 radical (unpaired) electrons. The number of carbonyl (C=O) groups excluding carboxylic acids is 3. The van der Waals surface area contributed by atoms with Crippen LogP contribution in [0.3, 0.4) is 0 Å². The summed E-state index contributed by atoms with van der Waals surface area (Å²) >= 11 is 1.76. The molecule has 204 valence electrons. The molecular formula is C28H26F2IN3O5. The zero-order valence-electron chi connectivity index (χ0n) is 21.1. The molecule has 8 nitrogen and oxygen atoms in total. The van der Waals surface area contributed by atoms with Crippen molar-refractivity contribution in [1.29, 1.82) is 0 Å². The topological polar surface area (TPSA) is 97.0 Å². The number of urea groups is 1. The number of methoxy groups -OCH3 is 1. The smallest absolute Gasteiger partial charge is 0.325 e. The maximum Gasteiger partial charge on any atom is 0.325 e. The highest BCUT2D eigenvalue weighted by atomic mass is 127. The molecule has 0 bridgehead atoms. The molecule has 3 atom stereocenters. The second-order valence-electron chi connectivity index (χ2n) is 8.88. The molecule has 1 saturated heterocycles. The van der Waals surface area contributed by atoms with E-state index in [0.717, 1.165) is 17.0 Å². The van der Waals surface area contributed by atoms with Gasteiger partial charge in [-0.2, -0.15) is 0 Å². The third-order valence-electron chi connectivity index (χ3n) is 6.34. The standard InChI is InChI=1S/C28H26F2IN3O5/c1-16(17-6-4-3-5-7-17)25(26(35)32-24-21(29)14-19(31)15-22(24)30)34-27(36)23(33-28(34)37)18-8-10-20(11-9-18)39-13-12-38-2/h3-11,14-16,23,25H,12-13H2,1-2H3,(H,32,35)(H,33,37)/t16-,23?,25-/m0/s1. The Hall–Kier alpha value is -3.58. The molecule has 3 aromatic rings.